The molecule has 1 fully saturated rings. The van der Waals surface area contributed by atoms with Crippen molar-refractivity contribution < 1.29 is 17.9 Å². The SMILES string of the molecule is Cc1ncc(-c2cc(-c3cc(S(=O)(=O)N[C@H]4CCC[C@H](O)C4)ccc3C)cnc2N)o1.S.S. The molecule has 0 unspecified atom stereocenters. The molecule has 1 aliphatic rings. The van der Waals surface area contributed by atoms with Gasteiger partial charge in [0, 0.05) is 24.7 Å². The van der Waals surface area contributed by atoms with E-state index in [0.717, 1.165) is 29.5 Å². The number of sulfonamides is 1. The number of aliphatic hydroxyl groups excluding tert-OH is 1. The number of hydrogen-bond donors (Lipinski definition) is 3. The Morgan fingerprint density at radius 3 is 2.52 bits per heavy atom. The summed E-state index contributed by atoms with van der Waals surface area (Å²) in [6, 6.07) is 6.56. The average molecular weight is 511 g/mol. The zero-order chi connectivity index (χ0) is 22.2. The molecule has 0 amide bonds. The molecule has 0 radical (unpaired) electrons. The minimum atomic E-state index is -3.73. The van der Waals surface area contributed by atoms with Crippen LogP contribution >= 0.6 is 27.0 Å². The van der Waals surface area contributed by atoms with Crippen molar-refractivity contribution in [2.45, 2.75) is 56.6 Å². The molecule has 1 aromatic carbocycles. The average Bonchev–Trinajstić information content (AvgIpc) is 3.14. The van der Waals surface area contributed by atoms with Crippen LogP contribution in [-0.2, 0) is 10.0 Å². The summed E-state index contributed by atoms with van der Waals surface area (Å²) in [5, 5.41) is 9.86. The highest BCUT2D eigenvalue weighted by Gasteiger charge is 2.26. The fourth-order valence-electron chi connectivity index (χ4n) is 3.94. The van der Waals surface area contributed by atoms with Gasteiger partial charge in [0.2, 0.25) is 10.0 Å². The molecule has 2 heterocycles. The van der Waals surface area contributed by atoms with E-state index in [4.69, 9.17) is 10.2 Å². The van der Waals surface area contributed by atoms with Crippen molar-refractivity contribution in [3.63, 3.8) is 0 Å². The Bertz CT molecular complexity index is 1210. The van der Waals surface area contributed by atoms with Gasteiger partial charge in [-0.1, -0.05) is 6.07 Å². The van der Waals surface area contributed by atoms with Crippen LogP contribution in [0.1, 0.15) is 37.1 Å². The standard InChI is InChI=1S/C22H26N4O4S.2H2S/c1-13-6-7-18(31(28,29)26-16-4-3-5-17(27)9-16)10-19(13)15-8-20(22(23)25-11-15)21-12-24-14(2)30-21;;/h6-8,10-12,16-17,26-27H,3-5,9H2,1-2H3,(H2,23,25);2*1H2/t16-,17-;;/m0../s1. The van der Waals surface area contributed by atoms with E-state index in [0.29, 0.717) is 35.9 Å². The monoisotopic (exact) mass is 510 g/mol. The van der Waals surface area contributed by atoms with Crippen molar-refractivity contribution in [2.24, 2.45) is 0 Å². The Hall–Kier alpha value is -2.05. The van der Waals surface area contributed by atoms with E-state index in [9.17, 15) is 13.5 Å². The van der Waals surface area contributed by atoms with Crippen LogP contribution in [0.25, 0.3) is 22.5 Å². The molecular formula is C22H30N4O4S3. The van der Waals surface area contributed by atoms with Gasteiger partial charge in [0.15, 0.2) is 11.7 Å². The maximum atomic E-state index is 13.0. The fraction of sp³-hybridized carbons (Fsp3) is 0.364. The van der Waals surface area contributed by atoms with E-state index in [2.05, 4.69) is 14.7 Å². The van der Waals surface area contributed by atoms with Gasteiger partial charge in [-0.3, -0.25) is 0 Å². The number of nitrogens with two attached hydrogens (primary N) is 1. The van der Waals surface area contributed by atoms with Gasteiger partial charge in [-0.2, -0.15) is 27.0 Å². The second kappa shape index (κ2) is 10.9. The van der Waals surface area contributed by atoms with Crippen LogP contribution in [0.2, 0.25) is 0 Å². The second-order valence-corrected chi connectivity index (χ2v) is 9.73. The number of nitrogens with one attached hydrogen (secondary N) is 1. The molecule has 1 saturated carbocycles. The first-order chi connectivity index (χ1) is 14.7. The predicted octanol–water partition coefficient (Wildman–Crippen LogP) is 3.41. The third kappa shape index (κ3) is 6.10. The first-order valence-electron chi connectivity index (χ1n) is 10.2. The first-order valence-corrected chi connectivity index (χ1v) is 11.7. The Kier molecular flexibility index (Phi) is 9.00. The van der Waals surface area contributed by atoms with Crippen molar-refractivity contribution >= 4 is 42.8 Å². The fourth-order valence-corrected chi connectivity index (χ4v) is 5.25. The molecule has 4 N–H and O–H groups in total. The number of nitrogens with zero attached hydrogens (tertiary/aromatic N) is 2. The normalized spacial score (nSPS) is 18.3. The lowest BCUT2D eigenvalue weighted by molar-refractivity contribution is 0.117. The summed E-state index contributed by atoms with van der Waals surface area (Å²) in [6.45, 7) is 3.65. The van der Waals surface area contributed by atoms with Crippen LogP contribution in [0, 0.1) is 13.8 Å². The summed E-state index contributed by atoms with van der Waals surface area (Å²) in [5.41, 5.74) is 8.99. The summed E-state index contributed by atoms with van der Waals surface area (Å²) >= 11 is 0. The Labute approximate surface area is 208 Å². The number of oxazole rings is 1. The van der Waals surface area contributed by atoms with E-state index in [-0.39, 0.29) is 37.9 Å². The number of hydrogen-bond acceptors (Lipinski definition) is 7. The van der Waals surface area contributed by atoms with Gasteiger partial charge < -0.3 is 15.3 Å². The zero-order valence-corrected chi connectivity index (χ0v) is 21.3. The first kappa shape index (κ1) is 27.2. The third-order valence-electron chi connectivity index (χ3n) is 5.60. The number of aromatic nitrogens is 2. The number of nitrogen functional groups attached to an aromatic ring is 1. The number of benzene rings is 1. The van der Waals surface area contributed by atoms with Crippen LogP contribution in [0.15, 0.2) is 46.0 Å². The van der Waals surface area contributed by atoms with E-state index in [1.807, 2.05) is 13.0 Å². The lowest BCUT2D eigenvalue weighted by atomic mass is 9.94. The van der Waals surface area contributed by atoms with Crippen LogP contribution < -0.4 is 10.5 Å². The zero-order valence-electron chi connectivity index (χ0n) is 18.5. The Balaban J connectivity index is 0.00000193. The van der Waals surface area contributed by atoms with Gasteiger partial charge in [0.1, 0.15) is 5.82 Å². The van der Waals surface area contributed by atoms with Gasteiger partial charge in [-0.25, -0.2) is 23.1 Å². The lowest BCUT2D eigenvalue weighted by Crippen LogP contribution is -2.39. The van der Waals surface area contributed by atoms with Crippen molar-refractivity contribution in [3.8, 4) is 22.5 Å². The maximum Gasteiger partial charge on any atom is 0.240 e. The van der Waals surface area contributed by atoms with Gasteiger partial charge in [0.25, 0.3) is 0 Å². The van der Waals surface area contributed by atoms with Crippen LogP contribution in [0.4, 0.5) is 5.82 Å². The number of rotatable bonds is 5. The van der Waals surface area contributed by atoms with Gasteiger partial charge in [-0.05, 0) is 61.9 Å². The highest BCUT2D eigenvalue weighted by atomic mass is 32.2. The number of pyridine rings is 1. The molecule has 4 rings (SSSR count). The second-order valence-electron chi connectivity index (χ2n) is 8.02. The summed E-state index contributed by atoms with van der Waals surface area (Å²) < 4.78 is 34.3. The predicted molar refractivity (Wildman–Crippen MR) is 138 cm³/mol. The molecule has 0 aliphatic heterocycles. The van der Waals surface area contributed by atoms with Crippen LogP contribution in [0.3, 0.4) is 0 Å². The highest BCUT2D eigenvalue weighted by molar-refractivity contribution is 7.89. The van der Waals surface area contributed by atoms with E-state index in [1.54, 1.807) is 37.5 Å². The number of anilines is 1. The molecule has 0 spiro atoms. The minimum absolute atomic E-state index is 0. The van der Waals surface area contributed by atoms with Crippen molar-refractivity contribution in [2.75, 3.05) is 5.73 Å². The largest absolute Gasteiger partial charge is 0.441 e. The highest BCUT2D eigenvalue weighted by Crippen LogP contribution is 2.32. The van der Waals surface area contributed by atoms with Crippen molar-refractivity contribution in [3.05, 3.63) is 48.1 Å². The minimum Gasteiger partial charge on any atom is -0.441 e. The molecule has 2 atom stereocenters. The van der Waals surface area contributed by atoms with Crippen LogP contribution in [0.5, 0.6) is 0 Å². The molecule has 2 aromatic heterocycles. The molecule has 3 aromatic rings. The van der Waals surface area contributed by atoms with Gasteiger partial charge in [0.05, 0.1) is 22.8 Å². The molecular weight excluding hydrogens is 480 g/mol. The smallest absolute Gasteiger partial charge is 0.240 e. The van der Waals surface area contributed by atoms with E-state index in [1.165, 1.54) is 0 Å². The summed E-state index contributed by atoms with van der Waals surface area (Å²) in [6.07, 6.45) is 5.40. The van der Waals surface area contributed by atoms with E-state index >= 15 is 0 Å². The summed E-state index contributed by atoms with van der Waals surface area (Å²) in [5.74, 6) is 1.32. The molecule has 0 saturated heterocycles. The Morgan fingerprint density at radius 2 is 1.85 bits per heavy atom. The number of aliphatic hydroxyl groups is 1. The van der Waals surface area contributed by atoms with Gasteiger partial charge >= 0.3 is 0 Å². The molecule has 8 nitrogen and oxygen atoms in total. The summed E-state index contributed by atoms with van der Waals surface area (Å²) in [4.78, 5) is 8.55. The summed E-state index contributed by atoms with van der Waals surface area (Å²) in [7, 11) is -3.73. The molecule has 180 valence electrons. The van der Waals surface area contributed by atoms with E-state index < -0.39 is 16.1 Å². The number of aryl methyl sites for hydroxylation is 2. The van der Waals surface area contributed by atoms with Crippen molar-refractivity contribution in [1.29, 1.82) is 0 Å². The topological polar surface area (TPSA) is 131 Å². The Morgan fingerprint density at radius 1 is 1.09 bits per heavy atom. The quantitative estimate of drug-likeness (QED) is 0.479. The van der Waals surface area contributed by atoms with Crippen LogP contribution in [-0.4, -0.2) is 35.6 Å². The molecule has 11 heteroatoms. The lowest BCUT2D eigenvalue weighted by Gasteiger charge is -2.26. The molecule has 0 bridgehead atoms. The van der Waals surface area contributed by atoms with Crippen molar-refractivity contribution in [1.82, 2.24) is 14.7 Å². The molecule has 33 heavy (non-hydrogen) atoms. The maximum absolute atomic E-state index is 13.0. The third-order valence-corrected chi connectivity index (χ3v) is 7.12. The van der Waals surface area contributed by atoms with Gasteiger partial charge in [-0.15, -0.1) is 0 Å². The molecule has 1 aliphatic carbocycles.